The normalized spacial score (nSPS) is 23.3. The lowest BCUT2D eigenvalue weighted by Gasteiger charge is -2.21. The number of hydrogen-bond donors (Lipinski definition) is 0. The molecule has 0 aromatic carbocycles. The van der Waals surface area contributed by atoms with Crippen LogP contribution in [0.5, 0.6) is 0 Å². The third-order valence-corrected chi connectivity index (χ3v) is 7.28. The minimum Gasteiger partial charge on any atom is -0.159 e. The van der Waals surface area contributed by atoms with Crippen molar-refractivity contribution in [3.8, 4) is 0 Å². The maximum absolute atomic E-state index is 2.27. The van der Waals surface area contributed by atoms with Gasteiger partial charge in [-0.05, 0) is 50.0 Å². The van der Waals surface area contributed by atoms with E-state index >= 15 is 0 Å². The van der Waals surface area contributed by atoms with Crippen LogP contribution < -0.4 is 0 Å². The molecule has 2 aliphatic rings. The molecule has 0 aromatic rings. The minimum absolute atomic E-state index is 1.02. The summed E-state index contributed by atoms with van der Waals surface area (Å²) in [4.78, 5) is 0. The van der Waals surface area contributed by atoms with Crippen LogP contribution in [0.3, 0.4) is 0 Å². The molecule has 2 saturated carbocycles. The van der Waals surface area contributed by atoms with Gasteiger partial charge in [0, 0.05) is 10.5 Å². The van der Waals surface area contributed by atoms with E-state index in [2.05, 4.69) is 23.5 Å². The molecule has 2 rings (SSSR count). The predicted octanol–water partition coefficient (Wildman–Crippen LogP) is 5.90. The van der Waals surface area contributed by atoms with E-state index < -0.39 is 0 Å². The van der Waals surface area contributed by atoms with Gasteiger partial charge >= 0.3 is 0 Å². The second-order valence-electron chi connectivity index (χ2n) is 5.97. The van der Waals surface area contributed by atoms with Crippen LogP contribution in [-0.2, 0) is 0 Å². The van der Waals surface area contributed by atoms with Crippen molar-refractivity contribution >= 4 is 23.5 Å². The SMILES string of the molecule is C1CCC(SCCCCSC2CCCCC2)CC1. The van der Waals surface area contributed by atoms with Gasteiger partial charge in [-0.25, -0.2) is 0 Å². The van der Waals surface area contributed by atoms with Gasteiger partial charge in [0.25, 0.3) is 0 Å². The molecule has 18 heavy (non-hydrogen) atoms. The number of unbranched alkanes of at least 4 members (excludes halogenated alkanes) is 1. The van der Waals surface area contributed by atoms with E-state index in [1.54, 1.807) is 0 Å². The molecular formula is C16H30S2. The fourth-order valence-corrected chi connectivity index (χ4v) is 5.91. The molecule has 0 spiro atoms. The Labute approximate surface area is 122 Å². The van der Waals surface area contributed by atoms with Gasteiger partial charge in [0.05, 0.1) is 0 Å². The Kier molecular flexibility index (Phi) is 8.03. The third-order valence-electron chi connectivity index (χ3n) is 4.35. The van der Waals surface area contributed by atoms with Crippen molar-refractivity contribution in [2.45, 2.75) is 87.5 Å². The average molecular weight is 287 g/mol. The number of thioether (sulfide) groups is 2. The van der Waals surface area contributed by atoms with Gasteiger partial charge < -0.3 is 0 Å². The molecule has 0 saturated heterocycles. The lowest BCUT2D eigenvalue weighted by Crippen LogP contribution is -2.09. The second kappa shape index (κ2) is 9.58. The van der Waals surface area contributed by atoms with E-state index in [0.717, 1.165) is 10.5 Å². The van der Waals surface area contributed by atoms with Crippen LogP contribution >= 0.6 is 23.5 Å². The molecule has 0 unspecified atom stereocenters. The summed E-state index contributed by atoms with van der Waals surface area (Å²) in [5.74, 6) is 2.85. The first-order valence-corrected chi connectivity index (χ1v) is 10.3. The average Bonchev–Trinajstić information content (AvgIpc) is 2.45. The molecule has 0 aromatic heterocycles. The quantitative estimate of drug-likeness (QED) is 0.534. The first-order chi connectivity index (χ1) is 8.95. The molecule has 2 heteroatoms. The van der Waals surface area contributed by atoms with E-state index in [1.807, 2.05) is 0 Å². The van der Waals surface area contributed by atoms with Crippen molar-refractivity contribution in [2.75, 3.05) is 11.5 Å². The second-order valence-corrected chi connectivity index (χ2v) is 8.79. The molecule has 0 nitrogen and oxygen atoms in total. The molecule has 0 heterocycles. The number of rotatable bonds is 7. The maximum atomic E-state index is 2.27. The molecule has 0 aliphatic heterocycles. The fraction of sp³-hybridized carbons (Fsp3) is 1.00. The zero-order valence-corrected chi connectivity index (χ0v) is 13.5. The van der Waals surface area contributed by atoms with Crippen molar-refractivity contribution in [1.82, 2.24) is 0 Å². The standard InChI is InChI=1S/C16H30S2/c1-3-9-15(10-4-1)17-13-7-8-14-18-16-11-5-2-6-12-16/h15-16H,1-14H2. The molecule has 2 aliphatic carbocycles. The summed E-state index contributed by atoms with van der Waals surface area (Å²) in [6.45, 7) is 0. The molecule has 2 fully saturated rings. The lowest BCUT2D eigenvalue weighted by molar-refractivity contribution is 0.515. The summed E-state index contributed by atoms with van der Waals surface area (Å²) < 4.78 is 0. The smallest absolute Gasteiger partial charge is 0.00470 e. The van der Waals surface area contributed by atoms with Gasteiger partial charge in [-0.3, -0.25) is 0 Å². The Morgan fingerprint density at radius 3 is 1.33 bits per heavy atom. The zero-order chi connectivity index (χ0) is 12.5. The highest BCUT2D eigenvalue weighted by Crippen LogP contribution is 2.30. The Morgan fingerprint density at radius 1 is 0.556 bits per heavy atom. The van der Waals surface area contributed by atoms with Crippen LogP contribution in [0.15, 0.2) is 0 Å². The molecule has 0 N–H and O–H groups in total. The molecule has 106 valence electrons. The van der Waals surface area contributed by atoms with Crippen LogP contribution in [-0.4, -0.2) is 22.0 Å². The van der Waals surface area contributed by atoms with Crippen LogP contribution in [0.25, 0.3) is 0 Å². The Balaban J connectivity index is 1.39. The molecular weight excluding hydrogens is 256 g/mol. The highest BCUT2D eigenvalue weighted by Gasteiger charge is 2.14. The van der Waals surface area contributed by atoms with Gasteiger partial charge in [-0.1, -0.05) is 38.5 Å². The highest BCUT2D eigenvalue weighted by atomic mass is 32.2. The monoisotopic (exact) mass is 286 g/mol. The van der Waals surface area contributed by atoms with E-state index in [1.165, 1.54) is 88.6 Å². The van der Waals surface area contributed by atoms with Crippen molar-refractivity contribution < 1.29 is 0 Å². The highest BCUT2D eigenvalue weighted by molar-refractivity contribution is 8.00. The first-order valence-electron chi connectivity index (χ1n) is 8.18. The largest absolute Gasteiger partial charge is 0.159 e. The van der Waals surface area contributed by atoms with Crippen molar-refractivity contribution in [1.29, 1.82) is 0 Å². The van der Waals surface area contributed by atoms with Crippen LogP contribution in [0.1, 0.15) is 77.0 Å². The van der Waals surface area contributed by atoms with E-state index in [0.29, 0.717) is 0 Å². The van der Waals surface area contributed by atoms with Gasteiger partial charge in [-0.15, -0.1) is 0 Å². The minimum atomic E-state index is 1.02. The molecule has 0 radical (unpaired) electrons. The lowest BCUT2D eigenvalue weighted by atomic mass is 10.0. The van der Waals surface area contributed by atoms with Crippen LogP contribution in [0, 0.1) is 0 Å². The maximum Gasteiger partial charge on any atom is 0.00470 e. The Morgan fingerprint density at radius 2 is 0.944 bits per heavy atom. The summed E-state index contributed by atoms with van der Waals surface area (Å²) >= 11 is 4.55. The Hall–Kier alpha value is 0.700. The fourth-order valence-electron chi connectivity index (χ4n) is 3.17. The van der Waals surface area contributed by atoms with Gasteiger partial charge in [-0.2, -0.15) is 23.5 Å². The molecule has 0 amide bonds. The summed E-state index contributed by atoms with van der Waals surface area (Å²) in [7, 11) is 0. The van der Waals surface area contributed by atoms with Crippen molar-refractivity contribution in [3.05, 3.63) is 0 Å². The van der Waals surface area contributed by atoms with Crippen LogP contribution in [0.2, 0.25) is 0 Å². The van der Waals surface area contributed by atoms with Gasteiger partial charge in [0.2, 0.25) is 0 Å². The zero-order valence-electron chi connectivity index (χ0n) is 11.9. The Bertz CT molecular complexity index is 171. The van der Waals surface area contributed by atoms with Gasteiger partial charge in [0.15, 0.2) is 0 Å². The van der Waals surface area contributed by atoms with Crippen molar-refractivity contribution in [2.24, 2.45) is 0 Å². The summed E-state index contributed by atoms with van der Waals surface area (Å²) in [5, 5.41) is 2.04. The molecule has 0 bridgehead atoms. The van der Waals surface area contributed by atoms with E-state index in [4.69, 9.17) is 0 Å². The van der Waals surface area contributed by atoms with Crippen molar-refractivity contribution in [3.63, 3.8) is 0 Å². The number of hydrogen-bond acceptors (Lipinski definition) is 2. The van der Waals surface area contributed by atoms with E-state index in [-0.39, 0.29) is 0 Å². The summed E-state index contributed by atoms with van der Waals surface area (Å²) in [6, 6.07) is 0. The summed E-state index contributed by atoms with van der Waals surface area (Å²) in [5.41, 5.74) is 0. The third kappa shape index (κ3) is 6.23. The van der Waals surface area contributed by atoms with E-state index in [9.17, 15) is 0 Å². The first kappa shape index (κ1) is 15.1. The van der Waals surface area contributed by atoms with Crippen LogP contribution in [0.4, 0.5) is 0 Å². The van der Waals surface area contributed by atoms with Gasteiger partial charge in [0.1, 0.15) is 0 Å². The predicted molar refractivity (Wildman–Crippen MR) is 87.9 cm³/mol. The topological polar surface area (TPSA) is 0 Å². The summed E-state index contributed by atoms with van der Waals surface area (Å²) in [6.07, 6.45) is 17.9. The molecule has 0 atom stereocenters.